The predicted octanol–water partition coefficient (Wildman–Crippen LogP) is 2.71. The summed E-state index contributed by atoms with van der Waals surface area (Å²) in [5.41, 5.74) is 0. The van der Waals surface area contributed by atoms with Crippen molar-refractivity contribution in [3.63, 3.8) is 0 Å². The zero-order chi connectivity index (χ0) is 13.1. The monoisotopic (exact) mass is 242 g/mol. The highest BCUT2D eigenvalue weighted by molar-refractivity contribution is 5.76. The van der Waals surface area contributed by atoms with Crippen LogP contribution in [0.15, 0.2) is 0 Å². The first-order chi connectivity index (χ1) is 8.13. The smallest absolute Gasteiger partial charge is 0.221 e. The maximum absolute atomic E-state index is 11.7. The molecule has 17 heavy (non-hydrogen) atoms. The van der Waals surface area contributed by atoms with Crippen LogP contribution in [0.2, 0.25) is 0 Å². The third-order valence-electron chi connectivity index (χ3n) is 3.18. The Kier molecular flexibility index (Phi) is 10.2. The fourth-order valence-electron chi connectivity index (χ4n) is 1.97. The summed E-state index contributed by atoms with van der Waals surface area (Å²) in [7, 11) is 0. The van der Waals surface area contributed by atoms with Gasteiger partial charge in [0.25, 0.3) is 0 Å². The van der Waals surface area contributed by atoms with Gasteiger partial charge in [0.1, 0.15) is 0 Å². The van der Waals surface area contributed by atoms with Gasteiger partial charge in [-0.15, -0.1) is 0 Å². The highest BCUT2D eigenvalue weighted by Crippen LogP contribution is 2.11. The Morgan fingerprint density at radius 3 is 2.47 bits per heavy atom. The van der Waals surface area contributed by atoms with Crippen LogP contribution in [0, 0.1) is 5.92 Å². The van der Waals surface area contributed by atoms with Gasteiger partial charge >= 0.3 is 0 Å². The Morgan fingerprint density at radius 2 is 1.94 bits per heavy atom. The zero-order valence-corrected chi connectivity index (χ0v) is 12.0. The number of amides is 1. The van der Waals surface area contributed by atoms with E-state index in [0.29, 0.717) is 12.3 Å². The van der Waals surface area contributed by atoms with Gasteiger partial charge in [0.05, 0.1) is 0 Å². The molecule has 0 aliphatic carbocycles. The van der Waals surface area contributed by atoms with E-state index in [4.69, 9.17) is 0 Å². The van der Waals surface area contributed by atoms with Crippen LogP contribution < -0.4 is 10.6 Å². The Morgan fingerprint density at radius 1 is 1.24 bits per heavy atom. The molecule has 0 saturated carbocycles. The van der Waals surface area contributed by atoms with E-state index in [0.717, 1.165) is 19.5 Å². The van der Waals surface area contributed by atoms with Gasteiger partial charge in [-0.25, -0.2) is 0 Å². The van der Waals surface area contributed by atoms with Crippen molar-refractivity contribution in [2.75, 3.05) is 13.1 Å². The molecule has 0 bridgehead atoms. The second-order valence-electron chi connectivity index (χ2n) is 4.88. The number of unbranched alkanes of at least 4 members (excludes halogenated alkanes) is 1. The summed E-state index contributed by atoms with van der Waals surface area (Å²) in [6.45, 7) is 10.3. The third-order valence-corrected chi connectivity index (χ3v) is 3.18. The average molecular weight is 242 g/mol. The summed E-state index contributed by atoms with van der Waals surface area (Å²) in [5, 5.41) is 6.30. The van der Waals surface area contributed by atoms with Crippen LogP contribution in [0.3, 0.4) is 0 Å². The van der Waals surface area contributed by atoms with Crippen molar-refractivity contribution in [1.29, 1.82) is 0 Å². The van der Waals surface area contributed by atoms with E-state index in [9.17, 15) is 4.79 Å². The molecule has 0 aromatic carbocycles. The largest absolute Gasteiger partial charge is 0.356 e. The van der Waals surface area contributed by atoms with Crippen molar-refractivity contribution >= 4 is 5.91 Å². The summed E-state index contributed by atoms with van der Waals surface area (Å²) in [4.78, 5) is 11.7. The van der Waals surface area contributed by atoms with Gasteiger partial charge < -0.3 is 10.6 Å². The van der Waals surface area contributed by atoms with Crippen LogP contribution in [-0.4, -0.2) is 25.0 Å². The molecule has 2 N–H and O–H groups in total. The van der Waals surface area contributed by atoms with Crippen LogP contribution in [0.25, 0.3) is 0 Å². The summed E-state index contributed by atoms with van der Waals surface area (Å²) < 4.78 is 0. The van der Waals surface area contributed by atoms with Crippen molar-refractivity contribution in [3.8, 4) is 0 Å². The van der Waals surface area contributed by atoms with Crippen LogP contribution in [0.4, 0.5) is 0 Å². The second-order valence-corrected chi connectivity index (χ2v) is 4.88. The van der Waals surface area contributed by atoms with E-state index < -0.39 is 0 Å². The molecule has 1 amide bonds. The van der Waals surface area contributed by atoms with Gasteiger partial charge in [-0.1, -0.05) is 40.0 Å². The topological polar surface area (TPSA) is 41.1 Å². The van der Waals surface area contributed by atoms with Crippen molar-refractivity contribution in [1.82, 2.24) is 10.6 Å². The molecule has 0 aliphatic rings. The molecule has 0 fully saturated rings. The van der Waals surface area contributed by atoms with E-state index in [1.54, 1.807) is 0 Å². The predicted molar refractivity (Wildman–Crippen MR) is 74.1 cm³/mol. The molecule has 0 aromatic heterocycles. The molecule has 3 heteroatoms. The first-order valence-corrected chi connectivity index (χ1v) is 7.14. The Bertz CT molecular complexity index is 195. The molecular formula is C14H30N2O. The zero-order valence-electron chi connectivity index (χ0n) is 12.0. The van der Waals surface area contributed by atoms with Gasteiger partial charge in [-0.2, -0.15) is 0 Å². The van der Waals surface area contributed by atoms with Crippen molar-refractivity contribution < 1.29 is 4.79 Å². The van der Waals surface area contributed by atoms with Gasteiger partial charge in [0.15, 0.2) is 0 Å². The SMILES string of the molecule is CCCCC(CC)CNC(=O)CC(C)NCC. The molecule has 2 atom stereocenters. The summed E-state index contributed by atoms with van der Waals surface area (Å²) in [6, 6.07) is 0.274. The van der Waals surface area contributed by atoms with Gasteiger partial charge in [-0.05, 0) is 25.8 Å². The second kappa shape index (κ2) is 10.6. The summed E-state index contributed by atoms with van der Waals surface area (Å²) >= 11 is 0. The molecule has 0 saturated heterocycles. The van der Waals surface area contributed by atoms with E-state index in [2.05, 4.69) is 38.3 Å². The van der Waals surface area contributed by atoms with E-state index in [1.165, 1.54) is 19.3 Å². The van der Waals surface area contributed by atoms with E-state index in [1.807, 2.05) is 0 Å². The molecule has 0 aliphatic heterocycles. The minimum atomic E-state index is 0.174. The molecule has 2 unspecified atom stereocenters. The lowest BCUT2D eigenvalue weighted by Gasteiger charge is -2.17. The number of nitrogens with one attached hydrogen (secondary N) is 2. The van der Waals surface area contributed by atoms with Crippen LogP contribution >= 0.6 is 0 Å². The Hall–Kier alpha value is -0.570. The number of hydrogen-bond acceptors (Lipinski definition) is 2. The van der Waals surface area contributed by atoms with Crippen LogP contribution in [-0.2, 0) is 4.79 Å². The van der Waals surface area contributed by atoms with Gasteiger partial charge in [0, 0.05) is 19.0 Å². The lowest BCUT2D eigenvalue weighted by molar-refractivity contribution is -0.121. The average Bonchev–Trinajstić information content (AvgIpc) is 2.29. The van der Waals surface area contributed by atoms with Gasteiger partial charge in [-0.3, -0.25) is 4.79 Å². The first kappa shape index (κ1) is 16.4. The molecule has 102 valence electrons. The lowest BCUT2D eigenvalue weighted by atomic mass is 9.99. The number of rotatable bonds is 10. The molecular weight excluding hydrogens is 212 g/mol. The maximum atomic E-state index is 11.7. The quantitative estimate of drug-likeness (QED) is 0.618. The summed E-state index contributed by atoms with van der Waals surface area (Å²) in [5.74, 6) is 0.821. The maximum Gasteiger partial charge on any atom is 0.221 e. The summed E-state index contributed by atoms with van der Waals surface area (Å²) in [6.07, 6.45) is 5.47. The molecule has 3 nitrogen and oxygen atoms in total. The molecule has 0 aromatic rings. The lowest BCUT2D eigenvalue weighted by Crippen LogP contribution is -2.35. The number of carbonyl (C=O) groups excluding carboxylic acids is 1. The Labute approximate surface area is 107 Å². The van der Waals surface area contributed by atoms with Crippen molar-refractivity contribution in [2.24, 2.45) is 5.92 Å². The Balaban J connectivity index is 3.72. The van der Waals surface area contributed by atoms with Crippen molar-refractivity contribution in [3.05, 3.63) is 0 Å². The first-order valence-electron chi connectivity index (χ1n) is 7.14. The van der Waals surface area contributed by atoms with E-state index in [-0.39, 0.29) is 11.9 Å². The number of carbonyl (C=O) groups is 1. The highest BCUT2D eigenvalue weighted by Gasteiger charge is 2.10. The highest BCUT2D eigenvalue weighted by atomic mass is 16.1. The molecule has 0 spiro atoms. The molecule has 0 radical (unpaired) electrons. The minimum Gasteiger partial charge on any atom is -0.356 e. The number of hydrogen-bond donors (Lipinski definition) is 2. The van der Waals surface area contributed by atoms with Crippen LogP contribution in [0.1, 0.15) is 59.8 Å². The normalized spacial score (nSPS) is 14.4. The molecule has 0 heterocycles. The minimum absolute atomic E-state index is 0.174. The van der Waals surface area contributed by atoms with Crippen LogP contribution in [0.5, 0.6) is 0 Å². The molecule has 0 rings (SSSR count). The standard InChI is InChI=1S/C14H30N2O/c1-5-8-9-13(6-2)11-16-14(17)10-12(4)15-7-3/h12-13,15H,5-11H2,1-4H3,(H,16,17). The third kappa shape index (κ3) is 9.16. The van der Waals surface area contributed by atoms with E-state index >= 15 is 0 Å². The fraction of sp³-hybridized carbons (Fsp3) is 0.929. The van der Waals surface area contributed by atoms with Gasteiger partial charge in [0.2, 0.25) is 5.91 Å². The van der Waals surface area contributed by atoms with Crippen molar-refractivity contribution in [2.45, 2.75) is 65.8 Å². The fourth-order valence-corrected chi connectivity index (χ4v) is 1.97.